The maximum atomic E-state index is 13.7. The predicted molar refractivity (Wildman–Crippen MR) is 158 cm³/mol. The van der Waals surface area contributed by atoms with E-state index in [2.05, 4.69) is 5.32 Å². The molecule has 0 aliphatic carbocycles. The highest BCUT2D eigenvalue weighted by molar-refractivity contribution is 7.80. The van der Waals surface area contributed by atoms with Crippen LogP contribution in [0.3, 0.4) is 0 Å². The average Bonchev–Trinajstić information content (AvgIpc) is 3.41. The van der Waals surface area contributed by atoms with Crippen molar-refractivity contribution in [3.8, 4) is 22.5 Å². The molecule has 2 heterocycles. The summed E-state index contributed by atoms with van der Waals surface area (Å²) in [5.41, 5.74) is 2.42. The van der Waals surface area contributed by atoms with E-state index in [0.29, 0.717) is 33.3 Å². The summed E-state index contributed by atoms with van der Waals surface area (Å²) in [5.74, 6) is -0.568. The number of amides is 1. The molecule has 8 nitrogen and oxygen atoms in total. The zero-order valence-electron chi connectivity index (χ0n) is 23.7. The van der Waals surface area contributed by atoms with Gasteiger partial charge in [-0.3, -0.25) is 9.00 Å². The molecule has 0 bridgehead atoms. The number of benzene rings is 3. The first kappa shape index (κ1) is 29.0. The van der Waals surface area contributed by atoms with Crippen molar-refractivity contribution in [2.45, 2.75) is 45.8 Å². The zero-order chi connectivity index (χ0) is 29.7. The number of nitrogens with one attached hydrogen (secondary N) is 1. The Morgan fingerprint density at radius 1 is 1.02 bits per heavy atom. The SMILES string of the molecule is CCN(c1cc2oc(-c3ccc(F)cc3)c(C(=O)NC)c2cc1-c1cccc(B2OC(C)(C)C(C)(C)O2)c1)S(=O)[O-]. The molecule has 1 unspecified atom stereocenters. The second-order valence-electron chi connectivity index (χ2n) is 10.9. The van der Waals surface area contributed by atoms with Gasteiger partial charge in [0.15, 0.2) is 0 Å². The Hall–Kier alpha value is -3.51. The van der Waals surface area contributed by atoms with Gasteiger partial charge in [0.25, 0.3) is 5.91 Å². The van der Waals surface area contributed by atoms with Gasteiger partial charge in [0.2, 0.25) is 0 Å². The Balaban J connectivity index is 1.74. The minimum atomic E-state index is -2.59. The van der Waals surface area contributed by atoms with Crippen LogP contribution in [0, 0.1) is 5.82 Å². The van der Waals surface area contributed by atoms with Gasteiger partial charge in [0, 0.05) is 47.4 Å². The molecule has 1 fully saturated rings. The summed E-state index contributed by atoms with van der Waals surface area (Å²) in [6, 6.07) is 16.5. The fraction of sp³-hybridized carbons (Fsp3) is 0.300. The van der Waals surface area contributed by atoms with E-state index in [-0.39, 0.29) is 17.9 Å². The number of carbonyl (C=O) groups excluding carboxylic acids is 1. The van der Waals surface area contributed by atoms with Crippen LogP contribution in [0.5, 0.6) is 0 Å². The molecule has 1 aliphatic heterocycles. The molecule has 4 aromatic rings. The molecule has 1 saturated heterocycles. The van der Waals surface area contributed by atoms with Crippen LogP contribution in [0.4, 0.5) is 10.1 Å². The molecule has 1 aromatic heterocycles. The van der Waals surface area contributed by atoms with E-state index in [1.54, 1.807) is 19.1 Å². The summed E-state index contributed by atoms with van der Waals surface area (Å²) in [7, 11) is 0.890. The lowest BCUT2D eigenvalue weighted by molar-refractivity contribution is 0.00578. The molecule has 1 aliphatic rings. The highest BCUT2D eigenvalue weighted by Crippen LogP contribution is 2.42. The molecule has 11 heteroatoms. The van der Waals surface area contributed by atoms with Crippen LogP contribution < -0.4 is 15.1 Å². The summed E-state index contributed by atoms with van der Waals surface area (Å²) >= 11 is -2.59. The third-order valence-electron chi connectivity index (χ3n) is 7.83. The van der Waals surface area contributed by atoms with Gasteiger partial charge in [-0.1, -0.05) is 24.3 Å². The van der Waals surface area contributed by atoms with Gasteiger partial charge in [0.05, 0.1) is 22.5 Å². The van der Waals surface area contributed by atoms with Crippen LogP contribution in [-0.4, -0.2) is 46.6 Å². The standard InChI is InChI=1S/C30H32BFN2O6S/c1-7-34(41(36)37)24-17-25-23(26(28(35)33-6)27(38-25)18-11-13-21(32)14-12-18)16-22(24)19-9-8-10-20(15-19)31-39-29(2,3)30(4,5)40-31/h8-17H,7H2,1-6H3,(H,33,35)(H,36,37)/p-1. The van der Waals surface area contributed by atoms with Gasteiger partial charge >= 0.3 is 7.12 Å². The highest BCUT2D eigenvalue weighted by Gasteiger charge is 2.51. The van der Waals surface area contributed by atoms with Crippen LogP contribution in [-0.2, 0) is 20.6 Å². The second kappa shape index (κ2) is 10.7. The number of furan rings is 1. The van der Waals surface area contributed by atoms with E-state index >= 15 is 0 Å². The van der Waals surface area contributed by atoms with Gasteiger partial charge in [-0.25, -0.2) is 4.39 Å². The Kier molecular flexibility index (Phi) is 7.58. The van der Waals surface area contributed by atoms with Crippen molar-refractivity contribution in [2.24, 2.45) is 0 Å². The minimum Gasteiger partial charge on any atom is -0.755 e. The Morgan fingerprint density at radius 3 is 2.27 bits per heavy atom. The smallest absolute Gasteiger partial charge is 0.494 e. The summed E-state index contributed by atoms with van der Waals surface area (Å²) in [6.07, 6.45) is 0. The molecule has 0 saturated carbocycles. The molecule has 214 valence electrons. The zero-order valence-corrected chi connectivity index (χ0v) is 24.6. The van der Waals surface area contributed by atoms with E-state index < -0.39 is 41.3 Å². The van der Waals surface area contributed by atoms with E-state index in [0.717, 1.165) is 5.46 Å². The van der Waals surface area contributed by atoms with Crippen LogP contribution in [0.1, 0.15) is 45.0 Å². The van der Waals surface area contributed by atoms with Crippen molar-refractivity contribution >= 4 is 46.4 Å². The number of hydrogen-bond donors (Lipinski definition) is 1. The van der Waals surface area contributed by atoms with E-state index in [9.17, 15) is 17.9 Å². The second-order valence-corrected chi connectivity index (χ2v) is 11.8. The van der Waals surface area contributed by atoms with Crippen LogP contribution in [0.25, 0.3) is 33.4 Å². The van der Waals surface area contributed by atoms with Gasteiger partial charge in [-0.2, -0.15) is 0 Å². The largest absolute Gasteiger partial charge is 0.755 e. The Morgan fingerprint density at radius 2 is 1.68 bits per heavy atom. The molecule has 5 rings (SSSR count). The van der Waals surface area contributed by atoms with Gasteiger partial charge in [0.1, 0.15) is 17.2 Å². The first-order valence-electron chi connectivity index (χ1n) is 13.3. The number of hydrogen-bond acceptors (Lipinski definition) is 6. The first-order valence-corrected chi connectivity index (χ1v) is 14.3. The Labute approximate surface area is 241 Å². The van der Waals surface area contributed by atoms with Crippen molar-refractivity contribution in [2.75, 3.05) is 17.9 Å². The average molecular weight is 577 g/mol. The number of fused-ring (bicyclic) bond motifs is 1. The molecular weight excluding hydrogens is 546 g/mol. The lowest BCUT2D eigenvalue weighted by Gasteiger charge is -2.32. The molecular formula is C30H31BFN2O6S-. The van der Waals surface area contributed by atoms with Crippen molar-refractivity contribution in [3.63, 3.8) is 0 Å². The molecule has 0 radical (unpaired) electrons. The first-order chi connectivity index (χ1) is 19.4. The molecule has 41 heavy (non-hydrogen) atoms. The van der Waals surface area contributed by atoms with Crippen LogP contribution >= 0.6 is 0 Å². The van der Waals surface area contributed by atoms with Crippen molar-refractivity contribution in [1.29, 1.82) is 0 Å². The van der Waals surface area contributed by atoms with Gasteiger partial charge in [-0.05, 0) is 76.0 Å². The van der Waals surface area contributed by atoms with E-state index in [4.69, 9.17) is 13.7 Å². The summed E-state index contributed by atoms with van der Waals surface area (Å²) in [4.78, 5) is 13.1. The molecule has 3 aromatic carbocycles. The number of anilines is 1. The predicted octanol–water partition coefficient (Wildman–Crippen LogP) is 5.19. The number of rotatable bonds is 7. The lowest BCUT2D eigenvalue weighted by atomic mass is 9.78. The number of carbonyl (C=O) groups is 1. The molecule has 1 amide bonds. The Bertz CT molecular complexity index is 1640. The van der Waals surface area contributed by atoms with E-state index in [1.165, 1.54) is 35.6 Å². The third-order valence-corrected chi connectivity index (χ3v) is 8.64. The lowest BCUT2D eigenvalue weighted by Crippen LogP contribution is -2.41. The number of halogens is 1. The van der Waals surface area contributed by atoms with E-state index in [1.807, 2.05) is 52.0 Å². The summed E-state index contributed by atoms with van der Waals surface area (Å²) in [6.45, 7) is 9.80. The minimum absolute atomic E-state index is 0.166. The van der Waals surface area contributed by atoms with Crippen molar-refractivity contribution < 1.29 is 31.7 Å². The fourth-order valence-corrected chi connectivity index (χ4v) is 5.44. The molecule has 1 N–H and O–H groups in total. The number of nitrogens with zero attached hydrogens (tertiary/aromatic N) is 1. The van der Waals surface area contributed by atoms with Crippen molar-refractivity contribution in [1.82, 2.24) is 5.32 Å². The van der Waals surface area contributed by atoms with Crippen LogP contribution in [0.2, 0.25) is 0 Å². The summed E-state index contributed by atoms with van der Waals surface area (Å²) in [5, 5.41) is 3.14. The quantitative estimate of drug-likeness (QED) is 0.240. The third kappa shape index (κ3) is 5.19. The maximum absolute atomic E-state index is 13.7. The van der Waals surface area contributed by atoms with Gasteiger partial charge < -0.3 is 27.9 Å². The monoisotopic (exact) mass is 577 g/mol. The van der Waals surface area contributed by atoms with Gasteiger partial charge in [-0.15, -0.1) is 0 Å². The van der Waals surface area contributed by atoms with Crippen molar-refractivity contribution in [3.05, 3.63) is 72.0 Å². The maximum Gasteiger partial charge on any atom is 0.494 e. The summed E-state index contributed by atoms with van der Waals surface area (Å²) < 4.78 is 58.1. The molecule has 1 atom stereocenters. The normalized spacial score (nSPS) is 16.6. The highest BCUT2D eigenvalue weighted by atomic mass is 32.2. The topological polar surface area (TPSA) is 104 Å². The fourth-order valence-electron chi connectivity index (χ4n) is 4.91. The molecule has 0 spiro atoms. The van der Waals surface area contributed by atoms with Crippen LogP contribution in [0.15, 0.2) is 65.1 Å².